The number of thiazole rings is 1. The molecular weight excluding hydrogens is 186 g/mol. The maximum absolute atomic E-state index is 11.2. The van der Waals surface area contributed by atoms with Crippen LogP contribution in [-0.4, -0.2) is 17.6 Å². The van der Waals surface area contributed by atoms with Gasteiger partial charge in [0.15, 0.2) is 0 Å². The van der Waals surface area contributed by atoms with Gasteiger partial charge in [-0.2, -0.15) is 0 Å². The molecule has 0 bridgehead atoms. The van der Waals surface area contributed by atoms with Gasteiger partial charge in [0.2, 0.25) is 5.01 Å². The molecule has 70 valence electrons. The van der Waals surface area contributed by atoms with Gasteiger partial charge in [-0.3, -0.25) is 0 Å². The van der Waals surface area contributed by atoms with Crippen molar-refractivity contribution in [2.75, 3.05) is 6.61 Å². The number of carbonyl (C=O) groups excluding carboxylic acids is 1. The van der Waals surface area contributed by atoms with Crippen LogP contribution < -0.4 is 0 Å². The molecule has 0 aliphatic rings. The van der Waals surface area contributed by atoms with Crippen molar-refractivity contribution in [3.05, 3.63) is 29.2 Å². The van der Waals surface area contributed by atoms with Crippen LogP contribution in [0.5, 0.6) is 0 Å². The quantitative estimate of drug-likeness (QED) is 0.413. The molecule has 0 radical (unpaired) electrons. The van der Waals surface area contributed by atoms with E-state index in [-0.39, 0.29) is 5.97 Å². The molecule has 1 aromatic rings. The first-order chi connectivity index (χ1) is 6.34. The van der Waals surface area contributed by atoms with Gasteiger partial charge in [-0.25, -0.2) is 9.78 Å². The van der Waals surface area contributed by atoms with E-state index < -0.39 is 0 Å². The summed E-state index contributed by atoms with van der Waals surface area (Å²) in [4.78, 5) is 15.0. The topological polar surface area (TPSA) is 39.2 Å². The Morgan fingerprint density at radius 1 is 1.77 bits per heavy atom. The zero-order valence-electron chi connectivity index (χ0n) is 7.23. The van der Waals surface area contributed by atoms with E-state index in [1.165, 1.54) is 11.3 Å². The highest BCUT2D eigenvalue weighted by atomic mass is 32.1. The first-order valence-corrected chi connectivity index (χ1v) is 4.90. The Balaban J connectivity index is 2.23. The molecule has 0 spiro atoms. The fourth-order valence-corrected chi connectivity index (χ4v) is 1.31. The predicted molar refractivity (Wildman–Crippen MR) is 51.8 cm³/mol. The van der Waals surface area contributed by atoms with E-state index in [0.29, 0.717) is 11.6 Å². The summed E-state index contributed by atoms with van der Waals surface area (Å²) in [7, 11) is 0. The first kappa shape index (κ1) is 9.92. The standard InChI is InChI=1S/C9H11NO2S/c1-2-3-4-6-12-9(11)8-10-5-7-13-8/h2,5,7H,1,3-4,6H2. The summed E-state index contributed by atoms with van der Waals surface area (Å²) in [6.45, 7) is 4.01. The minimum atomic E-state index is -0.334. The zero-order valence-corrected chi connectivity index (χ0v) is 8.05. The van der Waals surface area contributed by atoms with Crippen LogP contribution in [0.3, 0.4) is 0 Å². The summed E-state index contributed by atoms with van der Waals surface area (Å²) < 4.78 is 4.95. The van der Waals surface area contributed by atoms with E-state index in [4.69, 9.17) is 4.74 Å². The first-order valence-electron chi connectivity index (χ1n) is 4.02. The smallest absolute Gasteiger partial charge is 0.367 e. The largest absolute Gasteiger partial charge is 0.460 e. The molecule has 1 heterocycles. The van der Waals surface area contributed by atoms with E-state index in [1.807, 2.05) is 0 Å². The minimum absolute atomic E-state index is 0.334. The molecular formula is C9H11NO2S. The number of nitrogens with zero attached hydrogens (tertiary/aromatic N) is 1. The fraction of sp³-hybridized carbons (Fsp3) is 0.333. The molecule has 13 heavy (non-hydrogen) atoms. The molecule has 0 N–H and O–H groups in total. The molecule has 0 aromatic carbocycles. The summed E-state index contributed by atoms with van der Waals surface area (Å²) in [5.41, 5.74) is 0. The van der Waals surface area contributed by atoms with Crippen LogP contribution in [0.15, 0.2) is 24.2 Å². The van der Waals surface area contributed by atoms with Crippen LogP contribution in [-0.2, 0) is 4.74 Å². The third-order valence-electron chi connectivity index (χ3n) is 1.39. The molecule has 1 rings (SSSR count). The van der Waals surface area contributed by atoms with Crippen LogP contribution >= 0.6 is 11.3 Å². The zero-order chi connectivity index (χ0) is 9.52. The van der Waals surface area contributed by atoms with Gasteiger partial charge in [0.25, 0.3) is 0 Å². The van der Waals surface area contributed by atoms with Gasteiger partial charge in [0.1, 0.15) is 0 Å². The Labute approximate surface area is 81.1 Å². The summed E-state index contributed by atoms with van der Waals surface area (Å²) in [6, 6.07) is 0. The minimum Gasteiger partial charge on any atom is -0.460 e. The van der Waals surface area contributed by atoms with Crippen molar-refractivity contribution in [3.63, 3.8) is 0 Å². The molecule has 0 aliphatic heterocycles. The van der Waals surface area contributed by atoms with Crippen LogP contribution in [0.4, 0.5) is 0 Å². The van der Waals surface area contributed by atoms with Gasteiger partial charge in [-0.1, -0.05) is 6.08 Å². The van der Waals surface area contributed by atoms with Crippen LogP contribution in [0.2, 0.25) is 0 Å². The molecule has 0 amide bonds. The number of unbranched alkanes of at least 4 members (excludes halogenated alkanes) is 1. The Hall–Kier alpha value is -1.16. The molecule has 0 saturated heterocycles. The van der Waals surface area contributed by atoms with Gasteiger partial charge in [0.05, 0.1) is 6.61 Å². The highest BCUT2D eigenvalue weighted by molar-refractivity contribution is 7.11. The van der Waals surface area contributed by atoms with E-state index in [2.05, 4.69) is 11.6 Å². The monoisotopic (exact) mass is 197 g/mol. The third kappa shape index (κ3) is 3.38. The highest BCUT2D eigenvalue weighted by Crippen LogP contribution is 2.05. The SMILES string of the molecule is C=CCCCOC(=O)c1nccs1. The van der Waals surface area contributed by atoms with E-state index in [0.717, 1.165) is 12.8 Å². The fourth-order valence-electron chi connectivity index (χ4n) is 0.779. The predicted octanol–water partition coefficient (Wildman–Crippen LogP) is 2.27. The number of carbonyl (C=O) groups is 1. The molecule has 1 aromatic heterocycles. The molecule has 4 heteroatoms. The average Bonchev–Trinajstić information content (AvgIpc) is 2.65. The lowest BCUT2D eigenvalue weighted by molar-refractivity contribution is 0.0501. The van der Waals surface area contributed by atoms with Crippen molar-refractivity contribution in [2.45, 2.75) is 12.8 Å². The maximum Gasteiger partial charge on any atom is 0.367 e. The Bertz CT molecular complexity index is 269. The van der Waals surface area contributed by atoms with E-state index in [1.54, 1.807) is 17.7 Å². The molecule has 0 aliphatic carbocycles. The van der Waals surface area contributed by atoms with Crippen molar-refractivity contribution in [1.82, 2.24) is 4.98 Å². The average molecular weight is 197 g/mol. The van der Waals surface area contributed by atoms with Crippen LogP contribution in [0.25, 0.3) is 0 Å². The van der Waals surface area contributed by atoms with Crippen molar-refractivity contribution in [3.8, 4) is 0 Å². The molecule has 0 unspecified atom stereocenters. The number of allylic oxidation sites excluding steroid dienone is 1. The van der Waals surface area contributed by atoms with E-state index >= 15 is 0 Å². The number of hydrogen-bond donors (Lipinski definition) is 0. The second-order valence-electron chi connectivity index (χ2n) is 2.40. The van der Waals surface area contributed by atoms with Crippen LogP contribution in [0, 0.1) is 0 Å². The molecule has 0 atom stereocenters. The van der Waals surface area contributed by atoms with Crippen molar-refractivity contribution >= 4 is 17.3 Å². The van der Waals surface area contributed by atoms with Crippen molar-refractivity contribution in [1.29, 1.82) is 0 Å². The van der Waals surface area contributed by atoms with Crippen molar-refractivity contribution < 1.29 is 9.53 Å². The number of ether oxygens (including phenoxy) is 1. The number of hydrogen-bond acceptors (Lipinski definition) is 4. The van der Waals surface area contributed by atoms with Gasteiger partial charge < -0.3 is 4.74 Å². The highest BCUT2D eigenvalue weighted by Gasteiger charge is 2.08. The van der Waals surface area contributed by atoms with Gasteiger partial charge >= 0.3 is 5.97 Å². The third-order valence-corrected chi connectivity index (χ3v) is 2.15. The summed E-state index contributed by atoms with van der Waals surface area (Å²) in [5.74, 6) is -0.334. The molecule has 3 nitrogen and oxygen atoms in total. The van der Waals surface area contributed by atoms with Gasteiger partial charge in [-0.15, -0.1) is 17.9 Å². The number of esters is 1. The molecule has 0 saturated carbocycles. The Morgan fingerprint density at radius 3 is 3.23 bits per heavy atom. The van der Waals surface area contributed by atoms with Crippen molar-refractivity contribution in [2.24, 2.45) is 0 Å². The second kappa shape index (κ2) is 5.48. The van der Waals surface area contributed by atoms with E-state index in [9.17, 15) is 4.79 Å². The Morgan fingerprint density at radius 2 is 2.62 bits per heavy atom. The second-order valence-corrected chi connectivity index (χ2v) is 3.30. The maximum atomic E-state index is 11.2. The molecule has 0 fully saturated rings. The van der Waals surface area contributed by atoms with Gasteiger partial charge in [-0.05, 0) is 12.8 Å². The van der Waals surface area contributed by atoms with Crippen LogP contribution in [0.1, 0.15) is 22.6 Å². The lowest BCUT2D eigenvalue weighted by atomic mass is 10.3. The summed E-state index contributed by atoms with van der Waals surface area (Å²) in [6.07, 6.45) is 5.08. The van der Waals surface area contributed by atoms with Gasteiger partial charge in [0, 0.05) is 11.6 Å². The lowest BCUT2D eigenvalue weighted by Gasteiger charge is -1.99. The summed E-state index contributed by atoms with van der Waals surface area (Å²) in [5, 5.41) is 2.17. The lowest BCUT2D eigenvalue weighted by Crippen LogP contribution is -2.05. The number of aromatic nitrogens is 1. The summed E-state index contributed by atoms with van der Waals surface area (Å²) >= 11 is 1.29. The Kier molecular flexibility index (Phi) is 4.18. The number of rotatable bonds is 5. The normalized spacial score (nSPS) is 9.54.